The van der Waals surface area contributed by atoms with E-state index in [1.54, 1.807) is 30.3 Å². The van der Waals surface area contributed by atoms with Crippen LogP contribution in [-0.4, -0.2) is 6.03 Å². The first-order chi connectivity index (χ1) is 9.25. The van der Waals surface area contributed by atoms with Crippen molar-refractivity contribution in [2.75, 3.05) is 0 Å². The third-order valence-corrected chi connectivity index (χ3v) is 2.39. The van der Waals surface area contributed by atoms with Crippen molar-refractivity contribution in [3.05, 3.63) is 66.0 Å². The number of halogens is 1. The molecule has 5 heteroatoms. The van der Waals surface area contributed by atoms with Crippen LogP contribution in [0.1, 0.15) is 11.3 Å². The second-order valence-corrected chi connectivity index (χ2v) is 3.76. The Bertz CT molecular complexity index is 565. The average molecular weight is 260 g/mol. The summed E-state index contributed by atoms with van der Waals surface area (Å²) in [6.45, 7) is 0.298. The monoisotopic (exact) mass is 260 g/mol. The van der Waals surface area contributed by atoms with Crippen molar-refractivity contribution in [1.29, 1.82) is 0 Å². The summed E-state index contributed by atoms with van der Waals surface area (Å²) in [6.07, 6.45) is 4.41. The Morgan fingerprint density at radius 3 is 2.84 bits per heavy atom. The van der Waals surface area contributed by atoms with Crippen molar-refractivity contribution in [1.82, 2.24) is 10.6 Å². The quantitative estimate of drug-likeness (QED) is 0.888. The first-order valence-corrected chi connectivity index (χ1v) is 5.73. The van der Waals surface area contributed by atoms with E-state index in [2.05, 4.69) is 10.6 Å². The molecular weight excluding hydrogens is 247 g/mol. The van der Waals surface area contributed by atoms with E-state index in [0.29, 0.717) is 17.9 Å². The largest absolute Gasteiger partial charge is 0.467 e. The van der Waals surface area contributed by atoms with E-state index < -0.39 is 0 Å². The van der Waals surface area contributed by atoms with Gasteiger partial charge in [0.25, 0.3) is 0 Å². The Hall–Kier alpha value is -2.56. The lowest BCUT2D eigenvalue weighted by molar-refractivity contribution is 0.243. The number of amides is 2. The molecule has 0 aliphatic rings. The molecule has 4 nitrogen and oxygen atoms in total. The van der Waals surface area contributed by atoms with Gasteiger partial charge in [-0.2, -0.15) is 0 Å². The van der Waals surface area contributed by atoms with Gasteiger partial charge in [-0.3, -0.25) is 0 Å². The van der Waals surface area contributed by atoms with Gasteiger partial charge in [-0.1, -0.05) is 18.2 Å². The number of furan rings is 1. The summed E-state index contributed by atoms with van der Waals surface area (Å²) in [4.78, 5) is 11.4. The lowest BCUT2D eigenvalue weighted by Crippen LogP contribution is -2.31. The first kappa shape index (κ1) is 12.9. The number of hydrogen-bond acceptors (Lipinski definition) is 2. The van der Waals surface area contributed by atoms with Crippen molar-refractivity contribution in [2.24, 2.45) is 0 Å². The maximum Gasteiger partial charge on any atom is 0.319 e. The smallest absolute Gasteiger partial charge is 0.319 e. The number of urea groups is 1. The van der Waals surface area contributed by atoms with E-state index in [1.165, 1.54) is 24.6 Å². The fourth-order valence-electron chi connectivity index (χ4n) is 1.45. The highest BCUT2D eigenvalue weighted by Gasteiger charge is 2.00. The SMILES string of the molecule is O=C(N/C=C/c1ccccc1F)NCc1ccco1. The number of rotatable bonds is 4. The summed E-state index contributed by atoms with van der Waals surface area (Å²) in [5, 5.41) is 5.08. The molecule has 0 radical (unpaired) electrons. The van der Waals surface area contributed by atoms with Crippen LogP contribution in [-0.2, 0) is 6.54 Å². The first-order valence-electron chi connectivity index (χ1n) is 5.73. The molecule has 0 aliphatic carbocycles. The molecule has 2 amide bonds. The predicted molar refractivity (Wildman–Crippen MR) is 69.5 cm³/mol. The summed E-state index contributed by atoms with van der Waals surface area (Å²) < 4.78 is 18.3. The van der Waals surface area contributed by atoms with Gasteiger partial charge in [-0.15, -0.1) is 0 Å². The van der Waals surface area contributed by atoms with Crippen molar-refractivity contribution in [3.63, 3.8) is 0 Å². The molecule has 1 aromatic carbocycles. The Morgan fingerprint density at radius 1 is 1.26 bits per heavy atom. The van der Waals surface area contributed by atoms with E-state index >= 15 is 0 Å². The fraction of sp³-hybridized carbons (Fsp3) is 0.0714. The zero-order chi connectivity index (χ0) is 13.5. The molecular formula is C14H13FN2O2. The molecule has 2 N–H and O–H groups in total. The minimum absolute atomic E-state index is 0.298. The van der Waals surface area contributed by atoms with Gasteiger partial charge in [0.05, 0.1) is 12.8 Å². The summed E-state index contributed by atoms with van der Waals surface area (Å²) in [5.41, 5.74) is 0.411. The predicted octanol–water partition coefficient (Wildman–Crippen LogP) is 2.89. The zero-order valence-electron chi connectivity index (χ0n) is 10.1. The van der Waals surface area contributed by atoms with E-state index in [0.717, 1.165) is 0 Å². The maximum atomic E-state index is 13.3. The van der Waals surface area contributed by atoms with E-state index in [4.69, 9.17) is 4.42 Å². The van der Waals surface area contributed by atoms with Gasteiger partial charge in [0.15, 0.2) is 0 Å². The van der Waals surface area contributed by atoms with E-state index in [-0.39, 0.29) is 11.8 Å². The van der Waals surface area contributed by atoms with Crippen LogP contribution in [0.3, 0.4) is 0 Å². The van der Waals surface area contributed by atoms with Crippen LogP contribution in [0, 0.1) is 5.82 Å². The Balaban J connectivity index is 1.79. The molecule has 0 saturated carbocycles. The number of hydrogen-bond donors (Lipinski definition) is 2. The molecule has 2 aromatic rings. The third kappa shape index (κ3) is 3.99. The van der Waals surface area contributed by atoms with Crippen LogP contribution in [0.25, 0.3) is 6.08 Å². The molecule has 98 valence electrons. The zero-order valence-corrected chi connectivity index (χ0v) is 10.1. The van der Waals surface area contributed by atoms with Crippen LogP contribution < -0.4 is 10.6 Å². The highest BCUT2D eigenvalue weighted by atomic mass is 19.1. The second kappa shape index (κ2) is 6.39. The Morgan fingerprint density at radius 2 is 2.11 bits per heavy atom. The molecule has 0 atom stereocenters. The number of carbonyl (C=O) groups is 1. The van der Waals surface area contributed by atoms with Crippen LogP contribution in [0.2, 0.25) is 0 Å². The summed E-state index contributed by atoms with van der Waals surface area (Å²) in [6, 6.07) is 9.42. The van der Waals surface area contributed by atoms with Gasteiger partial charge >= 0.3 is 6.03 Å². The Labute approximate surface area is 109 Å². The highest BCUT2D eigenvalue weighted by molar-refractivity contribution is 5.75. The molecule has 0 spiro atoms. The van der Waals surface area contributed by atoms with Crippen LogP contribution in [0.4, 0.5) is 9.18 Å². The van der Waals surface area contributed by atoms with E-state index in [9.17, 15) is 9.18 Å². The highest BCUT2D eigenvalue weighted by Crippen LogP contribution is 2.07. The summed E-state index contributed by atoms with van der Waals surface area (Å²) in [7, 11) is 0. The maximum absolute atomic E-state index is 13.3. The number of nitrogens with one attached hydrogen (secondary N) is 2. The minimum atomic E-state index is -0.385. The van der Waals surface area contributed by atoms with Gasteiger partial charge in [-0.25, -0.2) is 9.18 Å². The van der Waals surface area contributed by atoms with Gasteiger partial charge in [0.1, 0.15) is 11.6 Å². The minimum Gasteiger partial charge on any atom is -0.467 e. The molecule has 0 aliphatic heterocycles. The van der Waals surface area contributed by atoms with Gasteiger partial charge in [0.2, 0.25) is 0 Å². The van der Waals surface area contributed by atoms with Crippen molar-refractivity contribution < 1.29 is 13.6 Å². The van der Waals surface area contributed by atoms with Gasteiger partial charge in [0, 0.05) is 11.8 Å². The number of benzene rings is 1. The molecule has 2 rings (SSSR count). The van der Waals surface area contributed by atoms with E-state index in [1.807, 2.05) is 0 Å². The molecule has 0 bridgehead atoms. The fourth-order valence-corrected chi connectivity index (χ4v) is 1.45. The van der Waals surface area contributed by atoms with Crippen LogP contribution in [0.5, 0.6) is 0 Å². The van der Waals surface area contributed by atoms with Crippen molar-refractivity contribution in [3.8, 4) is 0 Å². The molecule has 1 aromatic heterocycles. The van der Waals surface area contributed by atoms with Gasteiger partial charge in [-0.05, 0) is 24.3 Å². The molecule has 0 unspecified atom stereocenters. The lowest BCUT2D eigenvalue weighted by Gasteiger charge is -2.02. The van der Waals surface area contributed by atoms with Crippen molar-refractivity contribution in [2.45, 2.75) is 6.54 Å². The molecule has 0 fully saturated rings. The summed E-state index contributed by atoms with van der Waals surface area (Å²) in [5.74, 6) is 0.324. The number of carbonyl (C=O) groups excluding carboxylic acids is 1. The van der Waals surface area contributed by atoms with Crippen molar-refractivity contribution >= 4 is 12.1 Å². The van der Waals surface area contributed by atoms with Crippen LogP contribution >= 0.6 is 0 Å². The average Bonchev–Trinajstić information content (AvgIpc) is 2.92. The lowest BCUT2D eigenvalue weighted by atomic mass is 10.2. The second-order valence-electron chi connectivity index (χ2n) is 3.76. The topological polar surface area (TPSA) is 54.3 Å². The molecule has 1 heterocycles. The standard InChI is InChI=1S/C14H13FN2O2/c15-13-6-2-1-4-11(13)7-8-16-14(18)17-10-12-5-3-9-19-12/h1-9H,10H2,(H2,16,17,18)/b8-7+. The molecule has 0 saturated heterocycles. The van der Waals surface area contributed by atoms with Gasteiger partial charge < -0.3 is 15.1 Å². The third-order valence-electron chi connectivity index (χ3n) is 2.39. The molecule has 19 heavy (non-hydrogen) atoms. The Kier molecular flexibility index (Phi) is 4.34. The van der Waals surface area contributed by atoms with Crippen LogP contribution in [0.15, 0.2) is 53.3 Å². The normalized spacial score (nSPS) is 10.6. The summed E-state index contributed by atoms with van der Waals surface area (Å²) >= 11 is 0.